The Bertz CT molecular complexity index is 1260. The van der Waals surface area contributed by atoms with Crippen molar-refractivity contribution in [1.82, 2.24) is 24.6 Å². The van der Waals surface area contributed by atoms with Crippen LogP contribution in [0.15, 0.2) is 41.7 Å². The summed E-state index contributed by atoms with van der Waals surface area (Å²) in [6, 6.07) is 6.07. The summed E-state index contributed by atoms with van der Waals surface area (Å²) in [7, 11) is -3.29. The predicted molar refractivity (Wildman–Crippen MR) is 121 cm³/mol. The molecule has 33 heavy (non-hydrogen) atoms. The van der Waals surface area contributed by atoms with Gasteiger partial charge in [-0.2, -0.15) is 5.10 Å². The Morgan fingerprint density at radius 1 is 1.15 bits per heavy atom. The monoisotopic (exact) mass is 473 g/mol. The molecule has 1 unspecified atom stereocenters. The zero-order valence-corrected chi connectivity index (χ0v) is 19.9. The molecule has 0 spiro atoms. The van der Waals surface area contributed by atoms with Gasteiger partial charge in [-0.05, 0) is 57.9 Å². The van der Waals surface area contributed by atoms with Crippen molar-refractivity contribution in [3.05, 3.63) is 36.8 Å². The molecular weight excluding hydrogens is 446 g/mol. The molecule has 1 aliphatic heterocycles. The summed E-state index contributed by atoms with van der Waals surface area (Å²) in [4.78, 5) is 23.1. The van der Waals surface area contributed by atoms with Crippen LogP contribution in [0.2, 0.25) is 0 Å². The third-order valence-electron chi connectivity index (χ3n) is 5.22. The molecular formula is C22H27N5O5S. The van der Waals surface area contributed by atoms with E-state index in [9.17, 15) is 13.2 Å². The van der Waals surface area contributed by atoms with Crippen LogP contribution in [0.4, 0.5) is 4.79 Å². The van der Waals surface area contributed by atoms with Crippen molar-refractivity contribution in [3.63, 3.8) is 0 Å². The van der Waals surface area contributed by atoms with E-state index in [0.717, 1.165) is 19.1 Å². The molecule has 0 bridgehead atoms. The molecule has 10 nitrogen and oxygen atoms in total. The summed E-state index contributed by atoms with van der Waals surface area (Å²) in [5, 5.41) is 5.14. The summed E-state index contributed by atoms with van der Waals surface area (Å²) in [6.45, 7) is 6.65. The van der Waals surface area contributed by atoms with E-state index >= 15 is 0 Å². The van der Waals surface area contributed by atoms with E-state index in [1.54, 1.807) is 27.9 Å². The third kappa shape index (κ3) is 5.24. The van der Waals surface area contributed by atoms with Crippen LogP contribution >= 0.6 is 0 Å². The zero-order chi connectivity index (χ0) is 23.8. The van der Waals surface area contributed by atoms with Crippen LogP contribution in [-0.2, 0) is 14.6 Å². The van der Waals surface area contributed by atoms with E-state index in [4.69, 9.17) is 9.47 Å². The number of amides is 1. The SMILES string of the molecule is CC(C)(C)OC(=O)N1CCCC(n2ncc3c(Oc4ccc(S(C)(=O)=O)cc4)ncnc32)C1. The van der Waals surface area contributed by atoms with Gasteiger partial charge in [-0.3, -0.25) is 0 Å². The molecule has 1 fully saturated rings. The number of rotatable bonds is 4. The smallest absolute Gasteiger partial charge is 0.410 e. The molecule has 3 heterocycles. The Balaban J connectivity index is 1.55. The molecule has 0 radical (unpaired) electrons. The highest BCUT2D eigenvalue weighted by molar-refractivity contribution is 7.90. The normalized spacial score (nSPS) is 17.2. The molecule has 3 aromatic rings. The minimum absolute atomic E-state index is 0.0550. The molecule has 4 rings (SSSR count). The molecule has 1 aromatic carbocycles. The molecule has 1 atom stereocenters. The first-order valence-corrected chi connectivity index (χ1v) is 12.5. The number of hydrogen-bond acceptors (Lipinski definition) is 8. The Morgan fingerprint density at radius 3 is 2.55 bits per heavy atom. The van der Waals surface area contributed by atoms with E-state index in [1.165, 1.54) is 18.5 Å². The van der Waals surface area contributed by atoms with Crippen molar-refractivity contribution in [2.75, 3.05) is 19.3 Å². The maximum absolute atomic E-state index is 12.5. The number of ether oxygens (including phenoxy) is 2. The minimum atomic E-state index is -3.29. The predicted octanol–water partition coefficient (Wildman–Crippen LogP) is 3.59. The van der Waals surface area contributed by atoms with E-state index in [0.29, 0.717) is 35.8 Å². The summed E-state index contributed by atoms with van der Waals surface area (Å²) in [5.41, 5.74) is 0.0466. The molecule has 1 saturated heterocycles. The molecule has 11 heteroatoms. The van der Waals surface area contributed by atoms with Crippen molar-refractivity contribution < 1.29 is 22.7 Å². The van der Waals surface area contributed by atoms with Crippen LogP contribution in [-0.4, -0.2) is 64.1 Å². The van der Waals surface area contributed by atoms with Crippen molar-refractivity contribution in [3.8, 4) is 11.6 Å². The number of likely N-dealkylation sites (tertiary alicyclic amines) is 1. The zero-order valence-electron chi connectivity index (χ0n) is 19.1. The second-order valence-corrected chi connectivity index (χ2v) is 11.1. The second-order valence-electron chi connectivity index (χ2n) is 9.07. The Kier molecular flexibility index (Phi) is 6.00. The van der Waals surface area contributed by atoms with E-state index < -0.39 is 15.4 Å². The lowest BCUT2D eigenvalue weighted by molar-refractivity contribution is 0.0169. The van der Waals surface area contributed by atoms with Crippen LogP contribution in [0.25, 0.3) is 11.0 Å². The van der Waals surface area contributed by atoms with Gasteiger partial charge in [0.05, 0.1) is 17.1 Å². The van der Waals surface area contributed by atoms with Crippen molar-refractivity contribution in [2.45, 2.75) is 50.2 Å². The fraction of sp³-hybridized carbons (Fsp3) is 0.455. The fourth-order valence-corrected chi connectivity index (χ4v) is 4.33. The van der Waals surface area contributed by atoms with Gasteiger partial charge >= 0.3 is 6.09 Å². The number of piperidine rings is 1. The van der Waals surface area contributed by atoms with E-state index in [1.807, 2.05) is 20.8 Å². The lowest BCUT2D eigenvalue weighted by Gasteiger charge is -2.34. The Labute approximate surface area is 192 Å². The Morgan fingerprint density at radius 2 is 1.88 bits per heavy atom. The van der Waals surface area contributed by atoms with Gasteiger partial charge in [-0.1, -0.05) is 0 Å². The first-order valence-electron chi connectivity index (χ1n) is 10.7. The molecule has 1 aliphatic rings. The van der Waals surface area contributed by atoms with Gasteiger partial charge in [0, 0.05) is 19.3 Å². The van der Waals surface area contributed by atoms with Gasteiger partial charge in [-0.25, -0.2) is 27.9 Å². The molecule has 0 aliphatic carbocycles. The van der Waals surface area contributed by atoms with E-state index in [2.05, 4.69) is 15.1 Å². The fourth-order valence-electron chi connectivity index (χ4n) is 3.70. The molecule has 0 saturated carbocycles. The number of fused-ring (bicyclic) bond motifs is 1. The lowest BCUT2D eigenvalue weighted by atomic mass is 10.1. The van der Waals surface area contributed by atoms with Gasteiger partial charge in [0.2, 0.25) is 5.88 Å². The lowest BCUT2D eigenvalue weighted by Crippen LogP contribution is -2.43. The summed E-state index contributed by atoms with van der Waals surface area (Å²) < 4.78 is 36.5. The van der Waals surface area contributed by atoms with Gasteiger partial charge in [0.15, 0.2) is 15.5 Å². The minimum Gasteiger partial charge on any atom is -0.444 e. The van der Waals surface area contributed by atoms with Crippen LogP contribution in [0.3, 0.4) is 0 Å². The van der Waals surface area contributed by atoms with Crippen molar-refractivity contribution in [2.24, 2.45) is 0 Å². The first-order chi connectivity index (χ1) is 15.5. The maximum Gasteiger partial charge on any atom is 0.410 e. The van der Waals surface area contributed by atoms with Gasteiger partial charge in [0.1, 0.15) is 23.1 Å². The van der Waals surface area contributed by atoms with Crippen LogP contribution in [0.1, 0.15) is 39.7 Å². The van der Waals surface area contributed by atoms with Crippen LogP contribution in [0, 0.1) is 0 Å². The van der Waals surface area contributed by atoms with Crippen LogP contribution in [0.5, 0.6) is 11.6 Å². The molecule has 2 aromatic heterocycles. The molecule has 1 amide bonds. The number of benzene rings is 1. The van der Waals surface area contributed by atoms with Gasteiger partial charge < -0.3 is 14.4 Å². The molecule has 176 valence electrons. The summed E-state index contributed by atoms with van der Waals surface area (Å²) in [6.07, 6.45) is 5.53. The first kappa shape index (κ1) is 23.0. The number of carbonyl (C=O) groups is 1. The topological polar surface area (TPSA) is 117 Å². The quantitative estimate of drug-likeness (QED) is 0.564. The summed E-state index contributed by atoms with van der Waals surface area (Å²) in [5.74, 6) is 0.766. The van der Waals surface area contributed by atoms with Crippen molar-refractivity contribution in [1.29, 1.82) is 0 Å². The maximum atomic E-state index is 12.5. The highest BCUT2D eigenvalue weighted by atomic mass is 32.2. The standard InChI is InChI=1S/C22H27N5O5S/c1-22(2,3)32-21(28)26-11-5-6-15(13-26)27-19-18(12-25-27)20(24-14-23-19)31-16-7-9-17(10-8-16)33(4,29)30/h7-10,12,14-15H,5-6,11,13H2,1-4H3. The largest absolute Gasteiger partial charge is 0.444 e. The van der Waals surface area contributed by atoms with Gasteiger partial charge in [0.25, 0.3) is 0 Å². The van der Waals surface area contributed by atoms with Gasteiger partial charge in [-0.15, -0.1) is 0 Å². The average molecular weight is 474 g/mol. The number of sulfone groups is 1. The second kappa shape index (κ2) is 8.62. The average Bonchev–Trinajstić information content (AvgIpc) is 3.18. The number of nitrogens with zero attached hydrogens (tertiary/aromatic N) is 5. The number of carbonyl (C=O) groups excluding carboxylic acids is 1. The number of aromatic nitrogens is 4. The van der Waals surface area contributed by atoms with E-state index in [-0.39, 0.29) is 17.0 Å². The van der Waals surface area contributed by atoms with Crippen molar-refractivity contribution >= 4 is 27.0 Å². The highest BCUT2D eigenvalue weighted by Gasteiger charge is 2.30. The summed E-state index contributed by atoms with van der Waals surface area (Å²) >= 11 is 0. The number of hydrogen-bond donors (Lipinski definition) is 0. The Hall–Kier alpha value is -3.21. The van der Waals surface area contributed by atoms with Crippen LogP contribution < -0.4 is 4.74 Å². The molecule has 0 N–H and O–H groups in total. The highest BCUT2D eigenvalue weighted by Crippen LogP contribution is 2.30. The third-order valence-corrected chi connectivity index (χ3v) is 6.34.